The Hall–Kier alpha value is -1.30. The van der Waals surface area contributed by atoms with Crippen molar-refractivity contribution in [2.75, 3.05) is 19.0 Å². The summed E-state index contributed by atoms with van der Waals surface area (Å²) >= 11 is 1.42. The highest BCUT2D eigenvalue weighted by Gasteiger charge is 2.38. The molecule has 2 rings (SSSR count). The summed E-state index contributed by atoms with van der Waals surface area (Å²) in [6.45, 7) is 5.32. The van der Waals surface area contributed by atoms with Crippen LogP contribution in [0.5, 0.6) is 0 Å². The molecule has 1 unspecified atom stereocenters. The van der Waals surface area contributed by atoms with Crippen molar-refractivity contribution in [2.45, 2.75) is 78.7 Å². The molecule has 0 amide bonds. The number of rotatable bonds is 10. The predicted molar refractivity (Wildman–Crippen MR) is 130 cm³/mol. The largest absolute Gasteiger partial charge is 0.462 e. The van der Waals surface area contributed by atoms with Crippen LogP contribution in [0.15, 0.2) is 29.3 Å². The highest BCUT2D eigenvalue weighted by Crippen LogP contribution is 2.64. The van der Waals surface area contributed by atoms with Gasteiger partial charge in [-0.1, -0.05) is 32.6 Å². The SMILES string of the molecule is CCCSP(=O)(OCC)N(C(C)=Nc1ccc(C(=O)OCC)cc1)C1CCCCCC1. The Balaban J connectivity index is 2.36. The van der Waals surface area contributed by atoms with Crippen molar-refractivity contribution < 1.29 is 18.6 Å². The third-order valence-corrected chi connectivity index (χ3v) is 10.2. The van der Waals surface area contributed by atoms with Crippen molar-refractivity contribution in [1.29, 1.82) is 0 Å². The lowest BCUT2D eigenvalue weighted by Gasteiger charge is -2.37. The molecule has 1 aliphatic carbocycles. The molecule has 0 spiro atoms. The van der Waals surface area contributed by atoms with Crippen molar-refractivity contribution in [3.63, 3.8) is 0 Å². The zero-order valence-electron chi connectivity index (χ0n) is 19.3. The monoisotopic (exact) mass is 468 g/mol. The quantitative estimate of drug-likeness (QED) is 0.119. The first-order chi connectivity index (χ1) is 14.9. The van der Waals surface area contributed by atoms with Crippen LogP contribution in [0.4, 0.5) is 5.69 Å². The minimum absolute atomic E-state index is 0.159. The second-order valence-corrected chi connectivity index (χ2v) is 12.1. The third kappa shape index (κ3) is 7.65. The predicted octanol–water partition coefficient (Wildman–Crippen LogP) is 7.23. The summed E-state index contributed by atoms with van der Waals surface area (Å²) in [7, 11) is 0. The summed E-state index contributed by atoms with van der Waals surface area (Å²) in [5, 5.41) is 0. The Bertz CT molecular complexity index is 761. The Morgan fingerprint density at radius 3 is 2.29 bits per heavy atom. The Morgan fingerprint density at radius 2 is 1.74 bits per heavy atom. The number of hydrogen-bond donors (Lipinski definition) is 0. The van der Waals surface area contributed by atoms with Crippen LogP contribution in [0, 0.1) is 0 Å². The Morgan fingerprint density at radius 1 is 1.10 bits per heavy atom. The lowest BCUT2D eigenvalue weighted by atomic mass is 10.1. The van der Waals surface area contributed by atoms with E-state index in [4.69, 9.17) is 14.3 Å². The zero-order valence-corrected chi connectivity index (χ0v) is 21.1. The smallest absolute Gasteiger partial charge is 0.354 e. The minimum Gasteiger partial charge on any atom is -0.462 e. The molecule has 0 aromatic heterocycles. The van der Waals surface area contributed by atoms with E-state index in [2.05, 4.69) is 6.92 Å². The van der Waals surface area contributed by atoms with Gasteiger partial charge < -0.3 is 9.26 Å². The third-order valence-electron chi connectivity index (χ3n) is 5.19. The van der Waals surface area contributed by atoms with Crippen molar-refractivity contribution in [2.24, 2.45) is 4.99 Å². The number of nitrogens with zero attached hydrogens (tertiary/aromatic N) is 2. The van der Waals surface area contributed by atoms with Crippen LogP contribution in [0.1, 0.15) is 83.0 Å². The Labute approximate surface area is 191 Å². The topological polar surface area (TPSA) is 68.2 Å². The fraction of sp³-hybridized carbons (Fsp3) is 0.652. The van der Waals surface area contributed by atoms with Gasteiger partial charge in [0.05, 0.1) is 24.5 Å². The lowest BCUT2D eigenvalue weighted by Crippen LogP contribution is -2.36. The second kappa shape index (κ2) is 13.3. The molecule has 31 heavy (non-hydrogen) atoms. The highest BCUT2D eigenvalue weighted by atomic mass is 32.7. The number of aliphatic imine (C=N–C) groups is 1. The molecule has 0 heterocycles. The van der Waals surface area contributed by atoms with Gasteiger partial charge in [0.1, 0.15) is 5.84 Å². The van der Waals surface area contributed by atoms with Gasteiger partial charge in [0, 0.05) is 11.8 Å². The standard InChI is InChI=1S/C23H37N2O4PS/c1-5-18-31-30(27,29-7-3)25(22-12-10-8-9-11-13-22)19(4)24-21-16-14-20(15-17-21)23(26)28-6-2/h14-17,22H,5-13,18H2,1-4H3. The van der Waals surface area contributed by atoms with Crippen LogP contribution in [0.25, 0.3) is 0 Å². The number of esters is 1. The van der Waals surface area contributed by atoms with Gasteiger partial charge in [-0.05, 0) is 75.7 Å². The van der Waals surface area contributed by atoms with Crippen molar-refractivity contribution in [3.05, 3.63) is 29.8 Å². The van der Waals surface area contributed by atoms with Crippen LogP contribution in [0.2, 0.25) is 0 Å². The molecule has 1 fully saturated rings. The molecule has 6 nitrogen and oxygen atoms in total. The van der Waals surface area contributed by atoms with Crippen molar-refractivity contribution in [3.8, 4) is 0 Å². The summed E-state index contributed by atoms with van der Waals surface area (Å²) in [4.78, 5) is 16.7. The number of amidine groups is 1. The Kier molecular flexibility index (Phi) is 11.1. The summed E-state index contributed by atoms with van der Waals surface area (Å²) in [6.07, 6.45) is 7.64. The van der Waals surface area contributed by atoms with E-state index in [9.17, 15) is 9.36 Å². The molecular weight excluding hydrogens is 431 g/mol. The summed E-state index contributed by atoms with van der Waals surface area (Å²) < 4.78 is 27.0. The maximum absolute atomic E-state index is 14.1. The second-order valence-electron chi connectivity index (χ2n) is 7.64. The van der Waals surface area contributed by atoms with Gasteiger partial charge in [-0.2, -0.15) is 0 Å². The van der Waals surface area contributed by atoms with Crippen LogP contribution >= 0.6 is 18.1 Å². The van der Waals surface area contributed by atoms with Crippen LogP contribution < -0.4 is 0 Å². The molecule has 0 N–H and O–H groups in total. The summed E-state index contributed by atoms with van der Waals surface area (Å²) in [6, 6.07) is 7.19. The molecule has 1 aromatic carbocycles. The summed E-state index contributed by atoms with van der Waals surface area (Å²) in [5.74, 6) is 1.14. The molecule has 0 bridgehead atoms. The summed E-state index contributed by atoms with van der Waals surface area (Å²) in [5.41, 5.74) is 1.21. The van der Waals surface area contributed by atoms with Gasteiger partial charge in [-0.25, -0.2) is 9.79 Å². The lowest BCUT2D eigenvalue weighted by molar-refractivity contribution is 0.0526. The molecule has 0 radical (unpaired) electrons. The fourth-order valence-electron chi connectivity index (χ4n) is 3.80. The first-order valence-corrected chi connectivity index (χ1v) is 14.6. The van der Waals surface area contributed by atoms with Gasteiger partial charge in [-0.3, -0.25) is 9.24 Å². The van der Waals surface area contributed by atoms with Crippen molar-refractivity contribution >= 4 is 35.6 Å². The van der Waals surface area contributed by atoms with Gasteiger partial charge in [0.15, 0.2) is 0 Å². The van der Waals surface area contributed by atoms with E-state index in [0.29, 0.717) is 30.3 Å². The van der Waals surface area contributed by atoms with Crippen LogP contribution in [-0.4, -0.2) is 41.5 Å². The molecule has 0 aliphatic heterocycles. The van der Waals surface area contributed by atoms with E-state index in [1.165, 1.54) is 24.2 Å². The van der Waals surface area contributed by atoms with Gasteiger partial charge in [0.25, 0.3) is 0 Å². The molecule has 1 aromatic rings. The maximum atomic E-state index is 14.1. The van der Waals surface area contributed by atoms with E-state index >= 15 is 0 Å². The zero-order chi connectivity index (χ0) is 22.7. The minimum atomic E-state index is -3.12. The average Bonchev–Trinajstić information content (AvgIpc) is 3.02. The van der Waals surface area contributed by atoms with E-state index in [1.807, 2.05) is 18.5 Å². The number of carbonyl (C=O) groups is 1. The molecule has 8 heteroatoms. The number of carbonyl (C=O) groups excluding carboxylic acids is 1. The van der Waals surface area contributed by atoms with E-state index < -0.39 is 6.72 Å². The fourth-order valence-corrected chi connectivity index (χ4v) is 8.80. The number of hydrogen-bond acceptors (Lipinski definition) is 6. The van der Waals surface area contributed by atoms with Gasteiger partial charge >= 0.3 is 12.7 Å². The molecular formula is C23H37N2O4PS. The van der Waals surface area contributed by atoms with Gasteiger partial charge in [0.2, 0.25) is 0 Å². The molecule has 1 saturated carbocycles. The average molecular weight is 469 g/mol. The van der Waals surface area contributed by atoms with Crippen LogP contribution in [0.3, 0.4) is 0 Å². The normalized spacial score (nSPS) is 17.6. The maximum Gasteiger partial charge on any atom is 0.354 e. The first kappa shape index (κ1) is 26.0. The number of ether oxygens (including phenoxy) is 1. The number of benzene rings is 1. The first-order valence-electron chi connectivity index (χ1n) is 11.5. The van der Waals surface area contributed by atoms with Crippen molar-refractivity contribution in [1.82, 2.24) is 4.67 Å². The van der Waals surface area contributed by atoms with E-state index in [0.717, 1.165) is 37.9 Å². The van der Waals surface area contributed by atoms with E-state index in [1.54, 1.807) is 31.2 Å². The molecule has 0 saturated heterocycles. The van der Waals surface area contributed by atoms with Crippen LogP contribution in [-0.2, 0) is 13.8 Å². The molecule has 1 atom stereocenters. The van der Waals surface area contributed by atoms with Gasteiger partial charge in [-0.15, -0.1) is 0 Å². The highest BCUT2D eigenvalue weighted by molar-refractivity contribution is 8.56. The molecule has 1 aliphatic rings. The molecule has 174 valence electrons. The van der Waals surface area contributed by atoms with E-state index in [-0.39, 0.29) is 12.0 Å².